The summed E-state index contributed by atoms with van der Waals surface area (Å²) in [5.74, 6) is -2.90. The molecule has 2 aromatic rings. The summed E-state index contributed by atoms with van der Waals surface area (Å²) in [5, 5.41) is 30.1. The molecule has 1 amide bonds. The molecule has 0 saturated carbocycles. The third-order valence-electron chi connectivity index (χ3n) is 7.91. The minimum Gasteiger partial charge on any atom is -0.394 e. The number of hydrogen-bond donors (Lipinski definition) is 2. The highest BCUT2D eigenvalue weighted by Crippen LogP contribution is 2.57. The second-order valence-corrected chi connectivity index (χ2v) is 12.5. The summed E-state index contributed by atoms with van der Waals surface area (Å²) in [7, 11) is 0. The van der Waals surface area contributed by atoms with Gasteiger partial charge < -0.3 is 15.1 Å². The van der Waals surface area contributed by atoms with Crippen molar-refractivity contribution < 1.29 is 23.8 Å². The fourth-order valence-electron chi connectivity index (χ4n) is 6.24. The molecule has 2 N–H and O–H groups in total. The van der Waals surface area contributed by atoms with Gasteiger partial charge in [-0.05, 0) is 42.0 Å². The first-order valence-electron chi connectivity index (χ1n) is 13.0. The third kappa shape index (κ3) is 5.40. The number of nitrogens with zero attached hydrogens (tertiary/aromatic N) is 3. The number of rotatable bonds is 7. The fraction of sp³-hybridized carbons (Fsp3) is 0.517. The molecule has 0 radical (unpaired) electrons. The van der Waals surface area contributed by atoms with E-state index in [1.165, 1.54) is 24.3 Å². The van der Waals surface area contributed by atoms with E-state index >= 15 is 8.78 Å². The molecule has 0 unspecified atom stereocenters. The van der Waals surface area contributed by atoms with E-state index in [-0.39, 0.29) is 45.5 Å². The summed E-state index contributed by atoms with van der Waals surface area (Å²) < 4.78 is 31.6. The van der Waals surface area contributed by atoms with E-state index in [1.54, 1.807) is 11.0 Å². The van der Waals surface area contributed by atoms with E-state index < -0.39 is 47.8 Å². The summed E-state index contributed by atoms with van der Waals surface area (Å²) in [5.41, 5.74) is -1.87. The van der Waals surface area contributed by atoms with Gasteiger partial charge >= 0.3 is 0 Å². The van der Waals surface area contributed by atoms with E-state index in [9.17, 15) is 20.3 Å². The number of hydrogen-bond acceptors (Lipinski definition) is 5. The van der Waals surface area contributed by atoms with Gasteiger partial charge in [0.25, 0.3) is 0 Å². The van der Waals surface area contributed by atoms with Crippen LogP contribution < -0.4 is 0 Å². The summed E-state index contributed by atoms with van der Waals surface area (Å²) >= 11 is 12.3. The van der Waals surface area contributed by atoms with Crippen LogP contribution in [0.2, 0.25) is 10.0 Å². The number of halogens is 4. The number of aliphatic hydroxyl groups excluding tert-OH is 2. The van der Waals surface area contributed by atoms with Gasteiger partial charge in [0.2, 0.25) is 5.91 Å². The van der Waals surface area contributed by atoms with Crippen molar-refractivity contribution >= 4 is 29.1 Å². The number of piperazine rings is 1. The molecule has 210 valence electrons. The van der Waals surface area contributed by atoms with Gasteiger partial charge in [0.05, 0.1) is 29.8 Å². The summed E-state index contributed by atoms with van der Waals surface area (Å²) in [6, 6.07) is 9.33. The lowest BCUT2D eigenvalue weighted by molar-refractivity contribution is -0.142. The van der Waals surface area contributed by atoms with Crippen molar-refractivity contribution in [1.29, 1.82) is 5.26 Å². The molecular weight excluding hydrogens is 547 g/mol. The van der Waals surface area contributed by atoms with Crippen molar-refractivity contribution in [2.24, 2.45) is 5.41 Å². The van der Waals surface area contributed by atoms with Crippen LogP contribution in [0.3, 0.4) is 0 Å². The number of carbonyl (C=O) groups is 1. The SMILES string of the molecule is CC(C)(C)C[C@@H]1N2CCN(CC[C@H](O)CO)C(=O)[C@H]2[C@H](c2cccc(Cl)c2F)[C@]1(C#N)c1ccc(Cl)cc1F. The monoisotopic (exact) mass is 579 g/mol. The quantitative estimate of drug-likeness (QED) is 0.487. The van der Waals surface area contributed by atoms with E-state index in [0.29, 0.717) is 19.5 Å². The highest BCUT2D eigenvalue weighted by Gasteiger charge is 2.66. The van der Waals surface area contributed by atoms with Crippen LogP contribution in [-0.2, 0) is 10.2 Å². The number of amides is 1. The van der Waals surface area contributed by atoms with Crippen molar-refractivity contribution in [3.05, 3.63) is 69.2 Å². The summed E-state index contributed by atoms with van der Waals surface area (Å²) in [6.07, 6.45) is -0.407. The van der Waals surface area contributed by atoms with E-state index in [4.69, 9.17) is 23.2 Å². The Morgan fingerprint density at radius 1 is 1.21 bits per heavy atom. The average molecular weight is 581 g/mol. The Kier molecular flexibility index (Phi) is 8.61. The van der Waals surface area contributed by atoms with Gasteiger partial charge in [0.15, 0.2) is 0 Å². The van der Waals surface area contributed by atoms with Crippen LogP contribution in [0.15, 0.2) is 36.4 Å². The number of aliphatic hydroxyl groups is 2. The van der Waals surface area contributed by atoms with Crippen LogP contribution in [0.1, 0.15) is 50.7 Å². The largest absolute Gasteiger partial charge is 0.394 e. The molecule has 6 nitrogen and oxygen atoms in total. The molecule has 0 spiro atoms. The molecule has 2 fully saturated rings. The van der Waals surface area contributed by atoms with Gasteiger partial charge in [0, 0.05) is 42.2 Å². The first-order valence-corrected chi connectivity index (χ1v) is 13.8. The molecule has 2 aliphatic heterocycles. The van der Waals surface area contributed by atoms with Crippen LogP contribution in [0.5, 0.6) is 0 Å². The van der Waals surface area contributed by atoms with Gasteiger partial charge in [0.1, 0.15) is 17.0 Å². The Morgan fingerprint density at radius 2 is 1.92 bits per heavy atom. The van der Waals surface area contributed by atoms with Crippen molar-refractivity contribution in [3.63, 3.8) is 0 Å². The maximum Gasteiger partial charge on any atom is 0.240 e. The molecule has 10 heteroatoms. The van der Waals surface area contributed by atoms with E-state index in [2.05, 4.69) is 6.07 Å². The van der Waals surface area contributed by atoms with Crippen molar-refractivity contribution in [2.45, 2.75) is 63.1 Å². The number of fused-ring (bicyclic) bond motifs is 1. The zero-order valence-electron chi connectivity index (χ0n) is 22.2. The smallest absolute Gasteiger partial charge is 0.240 e. The predicted molar refractivity (Wildman–Crippen MR) is 145 cm³/mol. The molecule has 2 aliphatic rings. The zero-order chi connectivity index (χ0) is 28.7. The second-order valence-electron chi connectivity index (χ2n) is 11.6. The molecule has 2 heterocycles. The predicted octanol–water partition coefficient (Wildman–Crippen LogP) is 4.89. The number of benzene rings is 2. The molecule has 2 saturated heterocycles. The fourth-order valence-corrected chi connectivity index (χ4v) is 6.59. The Labute approximate surface area is 237 Å². The standard InChI is InChI=1S/C29H33Cl2F2N3O3/c1-28(2,3)14-23-29(16-34,20-8-7-17(30)13-22(20)32)24(19-5-4-6-21(31)25(19)33)26-27(39)35(11-12-36(23)26)10-9-18(38)15-37/h4-8,13,18,23-24,26,37-38H,9-12,14-15H2,1-3H3/t18-,23-,24-,26+,29+/m0/s1. The molecule has 4 rings (SSSR count). The maximum absolute atomic E-state index is 15.8. The highest BCUT2D eigenvalue weighted by atomic mass is 35.5. The molecule has 2 aromatic carbocycles. The normalized spacial score (nSPS) is 26.4. The van der Waals surface area contributed by atoms with Crippen LogP contribution in [0.25, 0.3) is 0 Å². The van der Waals surface area contributed by atoms with Gasteiger partial charge in [-0.3, -0.25) is 9.69 Å². The lowest BCUT2D eigenvalue weighted by Gasteiger charge is -2.42. The van der Waals surface area contributed by atoms with Crippen LogP contribution in [-0.4, -0.2) is 70.3 Å². The second kappa shape index (κ2) is 11.3. The first-order chi connectivity index (χ1) is 18.4. The molecule has 0 aliphatic carbocycles. The first kappa shape index (κ1) is 29.7. The highest BCUT2D eigenvalue weighted by molar-refractivity contribution is 6.31. The Bertz CT molecular complexity index is 1280. The van der Waals surface area contributed by atoms with E-state index in [1.807, 2.05) is 25.7 Å². The van der Waals surface area contributed by atoms with Gasteiger partial charge in [-0.1, -0.05) is 62.2 Å². The van der Waals surface area contributed by atoms with Crippen LogP contribution >= 0.6 is 23.2 Å². The maximum atomic E-state index is 15.8. The van der Waals surface area contributed by atoms with Gasteiger partial charge in [-0.25, -0.2) is 8.78 Å². The molecule has 0 bridgehead atoms. The van der Waals surface area contributed by atoms with Gasteiger partial charge in [-0.15, -0.1) is 0 Å². The molecule has 5 atom stereocenters. The Hall–Kier alpha value is -2.28. The lowest BCUT2D eigenvalue weighted by atomic mass is 9.62. The van der Waals surface area contributed by atoms with Crippen LogP contribution in [0, 0.1) is 28.4 Å². The minimum absolute atomic E-state index is 0.0532. The average Bonchev–Trinajstić information content (AvgIpc) is 3.14. The van der Waals surface area contributed by atoms with Crippen LogP contribution in [0.4, 0.5) is 8.78 Å². The molecular formula is C29H33Cl2F2N3O3. The van der Waals surface area contributed by atoms with Crippen molar-refractivity contribution in [1.82, 2.24) is 9.80 Å². The number of carbonyl (C=O) groups excluding carboxylic acids is 1. The lowest BCUT2D eigenvalue weighted by Crippen LogP contribution is -2.58. The van der Waals surface area contributed by atoms with Gasteiger partial charge in [-0.2, -0.15) is 5.26 Å². The minimum atomic E-state index is -1.66. The molecule has 39 heavy (non-hydrogen) atoms. The molecule has 0 aromatic heterocycles. The van der Waals surface area contributed by atoms with Crippen molar-refractivity contribution in [2.75, 3.05) is 26.2 Å². The summed E-state index contributed by atoms with van der Waals surface area (Å²) in [4.78, 5) is 17.6. The zero-order valence-corrected chi connectivity index (χ0v) is 23.7. The summed E-state index contributed by atoms with van der Waals surface area (Å²) in [6.45, 7) is 6.43. The number of nitriles is 1. The Balaban J connectivity index is 1.98. The van der Waals surface area contributed by atoms with Crippen molar-refractivity contribution in [3.8, 4) is 6.07 Å². The third-order valence-corrected chi connectivity index (χ3v) is 8.44. The van der Waals surface area contributed by atoms with E-state index in [0.717, 1.165) is 6.07 Å². The topological polar surface area (TPSA) is 87.8 Å². The Morgan fingerprint density at radius 3 is 2.54 bits per heavy atom.